The molecule has 158 valence electrons. The number of benzene rings is 1. The van der Waals surface area contributed by atoms with E-state index < -0.39 is 0 Å². The fourth-order valence-corrected chi connectivity index (χ4v) is 3.66. The van der Waals surface area contributed by atoms with Gasteiger partial charge in [0.05, 0.1) is 11.6 Å². The molecule has 2 aromatic heterocycles. The summed E-state index contributed by atoms with van der Waals surface area (Å²) < 4.78 is 0. The predicted octanol–water partition coefficient (Wildman–Crippen LogP) is 3.17. The summed E-state index contributed by atoms with van der Waals surface area (Å²) in [6.45, 7) is 2.43. The molecule has 2 amide bonds. The van der Waals surface area contributed by atoms with Gasteiger partial charge in [-0.2, -0.15) is 5.10 Å². The molecule has 0 bridgehead atoms. The fourth-order valence-electron chi connectivity index (χ4n) is 3.66. The Kier molecular flexibility index (Phi) is 5.88. The van der Waals surface area contributed by atoms with E-state index in [9.17, 15) is 14.4 Å². The van der Waals surface area contributed by atoms with E-state index in [1.54, 1.807) is 41.4 Å². The Bertz CT molecular complexity index is 1090. The van der Waals surface area contributed by atoms with Crippen molar-refractivity contribution in [2.24, 2.45) is 5.92 Å². The molecule has 0 spiro atoms. The summed E-state index contributed by atoms with van der Waals surface area (Å²) >= 11 is 0. The van der Waals surface area contributed by atoms with Crippen molar-refractivity contribution in [2.45, 2.75) is 19.8 Å². The van der Waals surface area contributed by atoms with Gasteiger partial charge in [-0.3, -0.25) is 24.5 Å². The van der Waals surface area contributed by atoms with Gasteiger partial charge < -0.3 is 10.2 Å². The number of hydrogen-bond acceptors (Lipinski definition) is 5. The predicted molar refractivity (Wildman–Crippen MR) is 116 cm³/mol. The van der Waals surface area contributed by atoms with Crippen LogP contribution in [0.15, 0.2) is 54.7 Å². The van der Waals surface area contributed by atoms with Crippen LogP contribution < -0.4 is 5.32 Å². The van der Waals surface area contributed by atoms with E-state index in [0.717, 1.165) is 6.42 Å². The van der Waals surface area contributed by atoms with Crippen LogP contribution in [0.2, 0.25) is 0 Å². The van der Waals surface area contributed by atoms with Gasteiger partial charge >= 0.3 is 0 Å². The summed E-state index contributed by atoms with van der Waals surface area (Å²) in [6.07, 6.45) is 3.13. The first-order valence-electron chi connectivity index (χ1n) is 10.2. The van der Waals surface area contributed by atoms with E-state index in [2.05, 4.69) is 20.5 Å². The molecule has 0 radical (unpaired) electrons. The third-order valence-electron chi connectivity index (χ3n) is 5.37. The number of carbonyl (C=O) groups is 3. The molecule has 1 aromatic carbocycles. The van der Waals surface area contributed by atoms with Crippen molar-refractivity contribution in [1.82, 2.24) is 20.1 Å². The molecule has 2 N–H and O–H groups in total. The Morgan fingerprint density at radius 2 is 1.90 bits per heavy atom. The summed E-state index contributed by atoms with van der Waals surface area (Å²) in [6, 6.07) is 14.0. The summed E-state index contributed by atoms with van der Waals surface area (Å²) in [5.74, 6) is -0.641. The minimum Gasteiger partial charge on any atom is -0.337 e. The number of pyridine rings is 1. The molecule has 1 aliphatic heterocycles. The number of H-pyrrole nitrogens is 1. The zero-order valence-corrected chi connectivity index (χ0v) is 17.2. The summed E-state index contributed by atoms with van der Waals surface area (Å²) in [4.78, 5) is 43.0. The first kappa shape index (κ1) is 20.5. The molecular weight excluding hydrogens is 394 g/mol. The minimum absolute atomic E-state index is 0.0238. The normalized spacial score (nSPS) is 16.0. The number of amides is 2. The first-order chi connectivity index (χ1) is 15.0. The van der Waals surface area contributed by atoms with E-state index in [4.69, 9.17) is 0 Å². The Labute approximate surface area is 179 Å². The van der Waals surface area contributed by atoms with Gasteiger partial charge in [0.25, 0.3) is 5.91 Å². The van der Waals surface area contributed by atoms with Crippen LogP contribution in [0.1, 0.15) is 40.6 Å². The minimum atomic E-state index is -0.302. The van der Waals surface area contributed by atoms with E-state index in [-0.39, 0.29) is 23.5 Å². The van der Waals surface area contributed by atoms with Crippen LogP contribution in [0.5, 0.6) is 0 Å². The van der Waals surface area contributed by atoms with Crippen molar-refractivity contribution < 1.29 is 14.4 Å². The van der Waals surface area contributed by atoms with Gasteiger partial charge in [-0.15, -0.1) is 0 Å². The van der Waals surface area contributed by atoms with Gasteiger partial charge in [-0.25, -0.2) is 0 Å². The van der Waals surface area contributed by atoms with E-state index >= 15 is 0 Å². The molecule has 4 rings (SSSR count). The highest BCUT2D eigenvalue weighted by Gasteiger charge is 2.30. The van der Waals surface area contributed by atoms with Crippen molar-refractivity contribution in [3.05, 3.63) is 66.0 Å². The fraction of sp³-hybridized carbons (Fsp3) is 0.261. The van der Waals surface area contributed by atoms with Gasteiger partial charge in [-0.05, 0) is 62.2 Å². The molecule has 3 heterocycles. The summed E-state index contributed by atoms with van der Waals surface area (Å²) in [7, 11) is 0. The third kappa shape index (κ3) is 4.69. The largest absolute Gasteiger partial charge is 0.337 e. The lowest BCUT2D eigenvalue weighted by molar-refractivity contribution is -0.121. The molecule has 1 aliphatic rings. The molecule has 0 saturated carbocycles. The topological polar surface area (TPSA) is 108 Å². The van der Waals surface area contributed by atoms with Crippen molar-refractivity contribution in [2.75, 3.05) is 18.4 Å². The number of rotatable bonds is 5. The van der Waals surface area contributed by atoms with E-state index in [0.29, 0.717) is 47.8 Å². The number of carbonyl (C=O) groups excluding carboxylic acids is 3. The van der Waals surface area contributed by atoms with Crippen molar-refractivity contribution in [1.29, 1.82) is 0 Å². The van der Waals surface area contributed by atoms with Crippen LogP contribution in [-0.4, -0.2) is 50.8 Å². The molecule has 31 heavy (non-hydrogen) atoms. The molecule has 1 atom stereocenters. The molecular formula is C23H23N5O3. The lowest BCUT2D eigenvalue weighted by Gasteiger charge is -2.31. The highest BCUT2D eigenvalue weighted by molar-refractivity contribution is 5.97. The van der Waals surface area contributed by atoms with E-state index in [1.807, 2.05) is 18.2 Å². The average Bonchev–Trinajstić information content (AvgIpc) is 3.30. The standard InChI is InChI=1S/C23H23N5O3/c1-15(29)16-7-9-18(10-8-16)25-22(30)17-5-4-12-28(14-17)23(31)21-13-20(26-27-21)19-6-2-3-11-24-19/h2-3,6-11,13,17H,4-5,12,14H2,1H3,(H,25,30)(H,26,27). The van der Waals surface area contributed by atoms with Gasteiger partial charge in [0.1, 0.15) is 11.4 Å². The molecule has 1 saturated heterocycles. The zero-order valence-electron chi connectivity index (χ0n) is 17.2. The number of aromatic nitrogens is 3. The Morgan fingerprint density at radius 1 is 1.10 bits per heavy atom. The number of piperidine rings is 1. The Morgan fingerprint density at radius 3 is 2.61 bits per heavy atom. The molecule has 3 aromatic rings. The molecule has 1 fully saturated rings. The molecule has 0 aliphatic carbocycles. The number of anilines is 1. The lowest BCUT2D eigenvalue weighted by Crippen LogP contribution is -2.43. The molecule has 1 unspecified atom stereocenters. The maximum atomic E-state index is 12.9. The maximum absolute atomic E-state index is 12.9. The number of hydrogen-bond donors (Lipinski definition) is 2. The maximum Gasteiger partial charge on any atom is 0.271 e. The highest BCUT2D eigenvalue weighted by atomic mass is 16.2. The first-order valence-corrected chi connectivity index (χ1v) is 10.2. The summed E-state index contributed by atoms with van der Waals surface area (Å²) in [5.41, 5.74) is 2.89. The van der Waals surface area contributed by atoms with Crippen LogP contribution in [-0.2, 0) is 4.79 Å². The quantitative estimate of drug-likeness (QED) is 0.620. The van der Waals surface area contributed by atoms with Gasteiger partial charge in [0.15, 0.2) is 5.78 Å². The average molecular weight is 417 g/mol. The zero-order chi connectivity index (χ0) is 21.8. The second kappa shape index (κ2) is 8.91. The van der Waals surface area contributed by atoms with Crippen molar-refractivity contribution in [3.63, 3.8) is 0 Å². The molecule has 8 heteroatoms. The number of nitrogens with one attached hydrogen (secondary N) is 2. The number of nitrogens with zero attached hydrogens (tertiary/aromatic N) is 3. The lowest BCUT2D eigenvalue weighted by atomic mass is 9.96. The number of aromatic amines is 1. The van der Waals surface area contributed by atoms with Crippen LogP contribution in [0, 0.1) is 5.92 Å². The second-order valence-electron chi connectivity index (χ2n) is 7.59. The highest BCUT2D eigenvalue weighted by Crippen LogP contribution is 2.22. The van der Waals surface area contributed by atoms with Crippen LogP contribution in [0.3, 0.4) is 0 Å². The van der Waals surface area contributed by atoms with Crippen LogP contribution in [0.25, 0.3) is 11.4 Å². The third-order valence-corrected chi connectivity index (χ3v) is 5.37. The summed E-state index contributed by atoms with van der Waals surface area (Å²) in [5, 5.41) is 9.87. The monoisotopic (exact) mass is 417 g/mol. The smallest absolute Gasteiger partial charge is 0.271 e. The van der Waals surface area contributed by atoms with Crippen LogP contribution in [0.4, 0.5) is 5.69 Å². The number of ketones is 1. The van der Waals surface area contributed by atoms with Gasteiger partial charge in [-0.1, -0.05) is 6.07 Å². The van der Waals surface area contributed by atoms with Crippen molar-refractivity contribution in [3.8, 4) is 11.4 Å². The Hall–Kier alpha value is -3.81. The van der Waals surface area contributed by atoms with Gasteiger partial charge in [0, 0.05) is 30.5 Å². The van der Waals surface area contributed by atoms with Crippen molar-refractivity contribution >= 4 is 23.3 Å². The molecule has 8 nitrogen and oxygen atoms in total. The SMILES string of the molecule is CC(=O)c1ccc(NC(=O)C2CCCN(C(=O)c3cc(-c4ccccn4)n[nH]3)C2)cc1. The van der Waals surface area contributed by atoms with E-state index in [1.165, 1.54) is 6.92 Å². The second-order valence-corrected chi connectivity index (χ2v) is 7.59. The van der Waals surface area contributed by atoms with Gasteiger partial charge in [0.2, 0.25) is 5.91 Å². The Balaban J connectivity index is 1.40. The number of likely N-dealkylation sites (tertiary alicyclic amines) is 1. The number of Topliss-reactive ketones (excluding diaryl/α,β-unsaturated/α-hetero) is 1. The van der Waals surface area contributed by atoms with Crippen LogP contribution >= 0.6 is 0 Å².